The summed E-state index contributed by atoms with van der Waals surface area (Å²) >= 11 is 0. The average Bonchev–Trinajstić information content (AvgIpc) is 2.53. The van der Waals surface area contributed by atoms with E-state index in [9.17, 15) is 9.59 Å². The Bertz CT molecular complexity index is 589. The van der Waals surface area contributed by atoms with Crippen molar-refractivity contribution in [3.8, 4) is 0 Å². The van der Waals surface area contributed by atoms with Gasteiger partial charge in [0, 0.05) is 25.7 Å². The van der Waals surface area contributed by atoms with Crippen LogP contribution >= 0.6 is 10.0 Å². The quantitative estimate of drug-likeness (QED) is 0.820. The lowest BCUT2D eigenvalue weighted by atomic mass is 10.2. The number of rotatable bonds is 5. The first-order valence-corrected chi connectivity index (χ1v) is 11.8. The van der Waals surface area contributed by atoms with Crippen molar-refractivity contribution in [3.05, 3.63) is 29.8 Å². The Balaban J connectivity index is 0.00000301. The van der Waals surface area contributed by atoms with E-state index in [0.717, 1.165) is 0 Å². The average molecular weight is 385 g/mol. The van der Waals surface area contributed by atoms with Gasteiger partial charge < -0.3 is 15.0 Å². The largest absolute Gasteiger partial charge is 0.444 e. The van der Waals surface area contributed by atoms with Gasteiger partial charge in [-0.05, 0) is 56.6 Å². The molecule has 0 atom stereocenters. The summed E-state index contributed by atoms with van der Waals surface area (Å²) in [5.41, 5.74) is 0.149. The third-order valence-corrected chi connectivity index (χ3v) is 4.92. The van der Waals surface area contributed by atoms with Gasteiger partial charge >= 0.3 is 6.09 Å². The second-order valence-electron chi connectivity index (χ2n) is 7.52. The predicted octanol–water partition coefficient (Wildman–Crippen LogP) is 4.36. The molecule has 0 unspecified atom stereocenters. The van der Waals surface area contributed by atoms with E-state index >= 15 is 0 Å². The van der Waals surface area contributed by atoms with Crippen molar-refractivity contribution >= 4 is 22.0 Å². The summed E-state index contributed by atoms with van der Waals surface area (Å²) in [4.78, 5) is 26.9. The van der Waals surface area contributed by atoms with E-state index in [0.29, 0.717) is 18.7 Å². The van der Waals surface area contributed by atoms with Crippen molar-refractivity contribution < 1.29 is 14.3 Å². The van der Waals surface area contributed by atoms with Crippen LogP contribution in [0.2, 0.25) is 0 Å². The summed E-state index contributed by atoms with van der Waals surface area (Å²) < 4.78 is 5.17. The maximum absolute atomic E-state index is 12.5. The summed E-state index contributed by atoms with van der Waals surface area (Å²) in [5, 5.41) is 2.66. The standard InChI is InChI=1S/C18H30N2O3S.C2H6/c1-18(2,3)23-17(22)19-11-12-20(4)16(21)14-9-8-10-15(13-14)24(5,6)7;1-2/h8-10,13H,11-12H2,1-7H3,(H,19,22);1-2H3. The number of benzene rings is 1. The summed E-state index contributed by atoms with van der Waals surface area (Å²) in [6.45, 7) is 10.2. The predicted molar refractivity (Wildman–Crippen MR) is 113 cm³/mol. The van der Waals surface area contributed by atoms with Crippen LogP contribution in [-0.2, 0) is 4.74 Å². The van der Waals surface area contributed by atoms with Gasteiger partial charge in [-0.25, -0.2) is 14.8 Å². The topological polar surface area (TPSA) is 58.6 Å². The molecule has 2 amide bonds. The maximum atomic E-state index is 12.5. The van der Waals surface area contributed by atoms with Crippen LogP contribution in [0.1, 0.15) is 45.0 Å². The molecule has 1 aromatic rings. The molecule has 0 aromatic heterocycles. The van der Waals surface area contributed by atoms with Crippen molar-refractivity contribution in [1.29, 1.82) is 0 Å². The maximum Gasteiger partial charge on any atom is 0.407 e. The van der Waals surface area contributed by atoms with Gasteiger partial charge in [-0.1, -0.05) is 26.0 Å². The van der Waals surface area contributed by atoms with Gasteiger partial charge in [-0.15, -0.1) is 0 Å². The van der Waals surface area contributed by atoms with Gasteiger partial charge in [-0.2, -0.15) is 0 Å². The van der Waals surface area contributed by atoms with Gasteiger partial charge in [0.1, 0.15) is 5.60 Å². The van der Waals surface area contributed by atoms with E-state index in [1.54, 1.807) is 11.9 Å². The third-order valence-electron chi connectivity index (χ3n) is 3.25. The second-order valence-corrected chi connectivity index (χ2v) is 11.7. The smallest absolute Gasteiger partial charge is 0.407 e. The zero-order valence-corrected chi connectivity index (χ0v) is 18.6. The number of carbonyl (C=O) groups is 2. The number of nitrogens with one attached hydrogen (secondary N) is 1. The van der Waals surface area contributed by atoms with E-state index in [-0.39, 0.29) is 5.91 Å². The van der Waals surface area contributed by atoms with Gasteiger partial charge in [0.2, 0.25) is 0 Å². The summed E-state index contributed by atoms with van der Waals surface area (Å²) in [7, 11) is 0.857. The van der Waals surface area contributed by atoms with Crippen LogP contribution in [-0.4, -0.2) is 61.4 Å². The summed E-state index contributed by atoms with van der Waals surface area (Å²) in [6, 6.07) is 7.79. The molecule has 0 saturated heterocycles. The molecule has 6 heteroatoms. The Morgan fingerprint density at radius 2 is 1.73 bits per heavy atom. The summed E-state index contributed by atoms with van der Waals surface area (Å²) in [6.07, 6.45) is 6.13. The lowest BCUT2D eigenvalue weighted by Gasteiger charge is -2.26. The van der Waals surface area contributed by atoms with Crippen molar-refractivity contribution in [3.63, 3.8) is 0 Å². The zero-order valence-electron chi connectivity index (χ0n) is 17.8. The van der Waals surface area contributed by atoms with E-state index < -0.39 is 21.7 Å². The molecule has 26 heavy (non-hydrogen) atoms. The Kier molecular flexibility index (Phi) is 9.78. The van der Waals surface area contributed by atoms with Gasteiger partial charge in [-0.3, -0.25) is 4.79 Å². The number of carbonyl (C=O) groups excluding carboxylic acids is 2. The number of nitrogens with zero attached hydrogens (tertiary/aromatic N) is 1. The number of likely N-dealkylation sites (N-methyl/N-ethyl adjacent to an activating group) is 1. The van der Waals surface area contributed by atoms with Crippen LogP contribution in [0, 0.1) is 0 Å². The molecule has 0 aliphatic heterocycles. The number of ether oxygens (including phenoxy) is 1. The molecule has 1 aromatic carbocycles. The molecule has 0 saturated carbocycles. The first kappa shape index (κ1) is 24.3. The molecule has 1 rings (SSSR count). The molecule has 0 fully saturated rings. The molecule has 0 bridgehead atoms. The number of alkyl carbamates (subject to hydrolysis) is 1. The Hall–Kier alpha value is -1.69. The van der Waals surface area contributed by atoms with Crippen LogP contribution in [0.4, 0.5) is 4.79 Å². The fourth-order valence-corrected chi connectivity index (χ4v) is 2.94. The minimum Gasteiger partial charge on any atom is -0.444 e. The molecular weight excluding hydrogens is 348 g/mol. The number of hydrogen-bond acceptors (Lipinski definition) is 3. The summed E-state index contributed by atoms with van der Waals surface area (Å²) in [5.74, 6) is -0.0495. The number of amides is 2. The molecule has 5 nitrogen and oxygen atoms in total. The lowest BCUT2D eigenvalue weighted by Crippen LogP contribution is -2.38. The molecule has 0 aliphatic rings. The first-order valence-electron chi connectivity index (χ1n) is 8.91. The normalized spacial score (nSPS) is 11.7. The minimum atomic E-state index is -0.874. The zero-order chi connectivity index (χ0) is 20.5. The second kappa shape index (κ2) is 10.5. The van der Waals surface area contributed by atoms with Crippen LogP contribution in [0.15, 0.2) is 29.2 Å². The van der Waals surface area contributed by atoms with Gasteiger partial charge in [0.25, 0.3) is 5.91 Å². The first-order chi connectivity index (χ1) is 11.9. The van der Waals surface area contributed by atoms with Crippen molar-refractivity contribution in [1.82, 2.24) is 10.2 Å². The molecule has 0 radical (unpaired) electrons. The molecule has 0 aliphatic carbocycles. The van der Waals surface area contributed by atoms with Crippen molar-refractivity contribution in [2.45, 2.75) is 45.1 Å². The van der Waals surface area contributed by atoms with Crippen LogP contribution in [0.5, 0.6) is 0 Å². The molecule has 0 spiro atoms. The Morgan fingerprint density at radius 1 is 1.15 bits per heavy atom. The fraction of sp³-hybridized carbons (Fsp3) is 0.600. The van der Waals surface area contributed by atoms with E-state index in [1.807, 2.05) is 52.8 Å². The fourth-order valence-electron chi connectivity index (χ4n) is 1.97. The van der Waals surface area contributed by atoms with E-state index in [1.165, 1.54) is 4.90 Å². The van der Waals surface area contributed by atoms with Crippen LogP contribution in [0.25, 0.3) is 0 Å². The highest BCUT2D eigenvalue weighted by Gasteiger charge is 2.17. The Morgan fingerprint density at radius 3 is 2.23 bits per heavy atom. The molecular formula is C20H36N2O3S. The van der Waals surface area contributed by atoms with E-state index in [2.05, 4.69) is 30.2 Å². The highest BCUT2D eigenvalue weighted by molar-refractivity contribution is 8.32. The van der Waals surface area contributed by atoms with Gasteiger partial charge in [0.05, 0.1) is 0 Å². The van der Waals surface area contributed by atoms with E-state index in [4.69, 9.17) is 4.74 Å². The number of hydrogen-bond donors (Lipinski definition) is 1. The van der Waals surface area contributed by atoms with Crippen molar-refractivity contribution in [2.75, 3.05) is 38.9 Å². The third kappa shape index (κ3) is 9.13. The molecule has 150 valence electrons. The Labute approximate surface area is 160 Å². The SMILES string of the molecule is CC.CN(CCNC(=O)OC(C)(C)C)C(=O)c1cccc(S(C)(C)C)c1. The minimum absolute atomic E-state index is 0.0495. The molecule has 0 heterocycles. The lowest BCUT2D eigenvalue weighted by molar-refractivity contribution is 0.0517. The van der Waals surface area contributed by atoms with Crippen LogP contribution in [0.3, 0.4) is 0 Å². The van der Waals surface area contributed by atoms with Gasteiger partial charge in [0.15, 0.2) is 0 Å². The monoisotopic (exact) mass is 384 g/mol. The van der Waals surface area contributed by atoms with Crippen LogP contribution < -0.4 is 5.32 Å². The molecule has 1 N–H and O–H groups in total. The highest BCUT2D eigenvalue weighted by atomic mass is 32.3. The highest BCUT2D eigenvalue weighted by Crippen LogP contribution is 2.45. The van der Waals surface area contributed by atoms with Crippen molar-refractivity contribution in [2.24, 2.45) is 0 Å².